The van der Waals surface area contributed by atoms with Crippen molar-refractivity contribution < 1.29 is 14.3 Å². The van der Waals surface area contributed by atoms with Gasteiger partial charge in [-0.1, -0.05) is 42.5 Å². The van der Waals surface area contributed by atoms with Gasteiger partial charge >= 0.3 is 11.7 Å². The van der Waals surface area contributed by atoms with E-state index in [-0.39, 0.29) is 19.5 Å². The van der Waals surface area contributed by atoms with Crippen molar-refractivity contribution in [2.45, 2.75) is 25.6 Å². The first-order valence-corrected chi connectivity index (χ1v) is 10.6. The summed E-state index contributed by atoms with van der Waals surface area (Å²) in [5.74, 6) is -1.16. The summed E-state index contributed by atoms with van der Waals surface area (Å²) < 4.78 is 7.11. The van der Waals surface area contributed by atoms with Crippen LogP contribution in [0.25, 0.3) is 10.9 Å². The number of methoxy groups -OCH3 is 1. The number of carbonyl (C=O) groups excluding carboxylic acids is 2. The number of para-hydroxylation sites is 1. The smallest absolute Gasteiger partial charge is 0.332 e. The van der Waals surface area contributed by atoms with Crippen molar-refractivity contribution in [1.29, 1.82) is 0 Å². The minimum atomic E-state index is -0.933. The number of benzene rings is 2. The largest absolute Gasteiger partial charge is 0.467 e. The van der Waals surface area contributed by atoms with Crippen LogP contribution in [0, 0.1) is 0 Å². The van der Waals surface area contributed by atoms with Gasteiger partial charge in [0.05, 0.1) is 36.6 Å². The summed E-state index contributed by atoms with van der Waals surface area (Å²) in [5, 5.41) is 2.95. The molecular formula is C24H23N5O5. The molecule has 0 saturated heterocycles. The van der Waals surface area contributed by atoms with Crippen LogP contribution >= 0.6 is 0 Å². The van der Waals surface area contributed by atoms with E-state index in [1.54, 1.807) is 24.3 Å². The van der Waals surface area contributed by atoms with Crippen LogP contribution in [-0.4, -0.2) is 44.1 Å². The van der Waals surface area contributed by atoms with Gasteiger partial charge in [0.2, 0.25) is 5.91 Å². The number of rotatable bonds is 8. The van der Waals surface area contributed by atoms with Crippen molar-refractivity contribution >= 4 is 22.8 Å². The molecule has 0 aliphatic carbocycles. The van der Waals surface area contributed by atoms with Gasteiger partial charge in [-0.05, 0) is 17.7 Å². The second kappa shape index (κ2) is 9.99. The lowest BCUT2D eigenvalue weighted by Crippen LogP contribution is -2.47. The number of nitrogens with one attached hydrogen (secondary N) is 2. The number of H-pyrrole nitrogens is 1. The molecule has 2 N–H and O–H groups in total. The number of imidazole rings is 1. The maximum absolute atomic E-state index is 13.3. The number of nitrogens with zero attached hydrogens (tertiary/aromatic N) is 3. The summed E-state index contributed by atoms with van der Waals surface area (Å²) in [6.45, 7) is -0.409. The molecule has 0 aliphatic heterocycles. The number of hydrogen-bond donors (Lipinski definition) is 2. The summed E-state index contributed by atoms with van der Waals surface area (Å²) in [6, 6.07) is 14.8. The van der Waals surface area contributed by atoms with E-state index in [0.29, 0.717) is 16.6 Å². The van der Waals surface area contributed by atoms with Gasteiger partial charge in [0.25, 0.3) is 5.56 Å². The van der Waals surface area contributed by atoms with E-state index in [2.05, 4.69) is 15.3 Å². The molecular weight excluding hydrogens is 438 g/mol. The monoisotopic (exact) mass is 461 g/mol. The Balaban J connectivity index is 1.66. The third-order valence-electron chi connectivity index (χ3n) is 5.42. The first kappa shape index (κ1) is 22.7. The summed E-state index contributed by atoms with van der Waals surface area (Å²) in [6.07, 6.45) is 3.20. The molecule has 10 heteroatoms. The number of amides is 1. The van der Waals surface area contributed by atoms with Gasteiger partial charge in [-0.2, -0.15) is 0 Å². The average molecular weight is 461 g/mol. The molecule has 4 aromatic rings. The Hall–Kier alpha value is -4.47. The van der Waals surface area contributed by atoms with Gasteiger partial charge in [-0.3, -0.25) is 18.7 Å². The highest BCUT2D eigenvalue weighted by Crippen LogP contribution is 2.09. The molecule has 0 unspecified atom stereocenters. The minimum absolute atomic E-state index is 0.0249. The molecule has 0 fully saturated rings. The highest BCUT2D eigenvalue weighted by Gasteiger charge is 2.23. The Bertz CT molecular complexity index is 1420. The molecule has 1 amide bonds. The molecule has 0 radical (unpaired) electrons. The zero-order valence-corrected chi connectivity index (χ0v) is 18.4. The Kier molecular flexibility index (Phi) is 6.67. The van der Waals surface area contributed by atoms with Crippen molar-refractivity contribution in [1.82, 2.24) is 24.4 Å². The number of esters is 1. The zero-order valence-electron chi connectivity index (χ0n) is 18.4. The van der Waals surface area contributed by atoms with Crippen LogP contribution in [0.3, 0.4) is 0 Å². The third kappa shape index (κ3) is 4.80. The Morgan fingerprint density at radius 1 is 1.06 bits per heavy atom. The van der Waals surface area contributed by atoms with E-state index in [4.69, 9.17) is 4.74 Å². The molecule has 34 heavy (non-hydrogen) atoms. The first-order chi connectivity index (χ1) is 16.5. The normalized spacial score (nSPS) is 11.8. The maximum Gasteiger partial charge on any atom is 0.332 e. The minimum Gasteiger partial charge on any atom is -0.467 e. The standard InChI is InChI=1S/C24H23N5O5/c1-34-23(32)19(11-16-7-3-2-4-8-16)27-21(30)14-28-20-10-6-5-9-18(20)22(31)29(24(28)33)13-17-12-25-15-26-17/h2-10,12,15,19H,11,13-14H2,1H3,(H,25,26)(H,27,30)/t19-/m0/s1. The fraction of sp³-hybridized carbons (Fsp3) is 0.208. The van der Waals surface area contributed by atoms with Crippen molar-refractivity contribution in [3.63, 3.8) is 0 Å². The van der Waals surface area contributed by atoms with Crippen molar-refractivity contribution in [2.75, 3.05) is 7.11 Å². The number of carbonyl (C=O) groups is 2. The molecule has 2 aromatic carbocycles. The lowest BCUT2D eigenvalue weighted by molar-refractivity contribution is -0.145. The highest BCUT2D eigenvalue weighted by atomic mass is 16.5. The highest BCUT2D eigenvalue weighted by molar-refractivity contribution is 5.86. The quantitative estimate of drug-likeness (QED) is 0.374. The summed E-state index contributed by atoms with van der Waals surface area (Å²) in [5.41, 5.74) is 0.619. The molecule has 174 valence electrons. The van der Waals surface area contributed by atoms with Crippen LogP contribution in [0.4, 0.5) is 0 Å². The van der Waals surface area contributed by atoms with E-state index in [1.807, 2.05) is 30.3 Å². The van der Waals surface area contributed by atoms with E-state index in [0.717, 1.165) is 10.1 Å². The predicted octanol–water partition coefficient (Wildman–Crippen LogP) is 0.835. The molecule has 10 nitrogen and oxygen atoms in total. The van der Waals surface area contributed by atoms with E-state index in [9.17, 15) is 19.2 Å². The summed E-state index contributed by atoms with van der Waals surface area (Å²) >= 11 is 0. The predicted molar refractivity (Wildman–Crippen MR) is 124 cm³/mol. The molecule has 1 atom stereocenters. The summed E-state index contributed by atoms with van der Waals surface area (Å²) in [7, 11) is 1.25. The van der Waals surface area contributed by atoms with Gasteiger partial charge in [0.15, 0.2) is 0 Å². The second-order valence-electron chi connectivity index (χ2n) is 7.69. The fourth-order valence-corrected chi connectivity index (χ4v) is 3.77. The molecule has 0 spiro atoms. The molecule has 2 heterocycles. The number of fused-ring (bicyclic) bond motifs is 1. The Morgan fingerprint density at radius 3 is 2.50 bits per heavy atom. The van der Waals surface area contributed by atoms with E-state index >= 15 is 0 Å². The molecule has 0 saturated carbocycles. The topological polar surface area (TPSA) is 128 Å². The number of ether oxygens (including phenoxy) is 1. The van der Waals surface area contributed by atoms with Crippen molar-refractivity contribution in [2.24, 2.45) is 0 Å². The molecule has 0 bridgehead atoms. The summed E-state index contributed by atoms with van der Waals surface area (Å²) in [4.78, 5) is 58.3. The third-order valence-corrected chi connectivity index (χ3v) is 5.42. The average Bonchev–Trinajstić information content (AvgIpc) is 3.37. The molecule has 2 aromatic heterocycles. The van der Waals surface area contributed by atoms with Crippen LogP contribution in [0.5, 0.6) is 0 Å². The zero-order chi connectivity index (χ0) is 24.1. The van der Waals surface area contributed by atoms with Crippen LogP contribution in [0.2, 0.25) is 0 Å². The van der Waals surface area contributed by atoms with Crippen molar-refractivity contribution in [3.8, 4) is 0 Å². The van der Waals surface area contributed by atoms with Gasteiger partial charge in [-0.15, -0.1) is 0 Å². The van der Waals surface area contributed by atoms with E-state index < -0.39 is 29.2 Å². The van der Waals surface area contributed by atoms with Gasteiger partial charge < -0.3 is 15.0 Å². The molecule has 0 aliphatic rings. The fourth-order valence-electron chi connectivity index (χ4n) is 3.77. The van der Waals surface area contributed by atoms with Crippen LogP contribution in [-0.2, 0) is 33.8 Å². The van der Waals surface area contributed by atoms with Crippen LogP contribution in [0.1, 0.15) is 11.3 Å². The molecule has 4 rings (SSSR count). The second-order valence-corrected chi connectivity index (χ2v) is 7.69. The lowest BCUT2D eigenvalue weighted by Gasteiger charge is -2.18. The maximum atomic E-state index is 13.3. The number of aromatic amines is 1. The van der Waals surface area contributed by atoms with Gasteiger partial charge in [0.1, 0.15) is 12.6 Å². The van der Waals surface area contributed by atoms with Crippen LogP contribution in [0.15, 0.2) is 76.7 Å². The Labute approximate surface area is 193 Å². The van der Waals surface area contributed by atoms with Crippen molar-refractivity contribution in [3.05, 3.63) is 99.2 Å². The SMILES string of the molecule is COC(=O)[C@H](Cc1ccccc1)NC(=O)Cn1c(=O)n(Cc2cnc[nH]2)c(=O)c2ccccc21. The lowest BCUT2D eigenvalue weighted by atomic mass is 10.1. The number of aromatic nitrogens is 4. The van der Waals surface area contributed by atoms with Gasteiger partial charge in [-0.25, -0.2) is 14.6 Å². The van der Waals surface area contributed by atoms with Gasteiger partial charge in [0, 0.05) is 12.6 Å². The van der Waals surface area contributed by atoms with E-state index in [1.165, 1.54) is 24.2 Å². The first-order valence-electron chi connectivity index (χ1n) is 10.6. The number of hydrogen-bond acceptors (Lipinski definition) is 6. The Morgan fingerprint density at radius 2 is 1.79 bits per heavy atom. The van der Waals surface area contributed by atoms with Crippen LogP contribution < -0.4 is 16.6 Å².